The van der Waals surface area contributed by atoms with Crippen LogP contribution in [0.15, 0.2) is 12.1 Å². The Morgan fingerprint density at radius 3 is 1.71 bits per heavy atom. The lowest BCUT2D eigenvalue weighted by Crippen LogP contribution is -2.05. The maximum atomic E-state index is 8.58. The van der Waals surface area contributed by atoms with E-state index < -0.39 is 7.12 Å². The summed E-state index contributed by atoms with van der Waals surface area (Å²) in [6, 6.07) is 0. The lowest BCUT2D eigenvalue weighted by molar-refractivity contribution is 0.424. The predicted octanol–water partition coefficient (Wildman–Crippen LogP) is 3.89. The molecule has 0 atom stereocenters. The second-order valence-corrected chi connectivity index (χ2v) is 5.58. The van der Waals surface area contributed by atoms with Crippen LogP contribution >= 0.6 is 22.6 Å². The minimum atomic E-state index is -1.28. The number of hydrogen-bond donors (Lipinski definition) is 2. The fraction of sp³-hybridized carbons (Fsp3) is 0.846. The summed E-state index contributed by atoms with van der Waals surface area (Å²) in [6.45, 7) is 0. The Morgan fingerprint density at radius 2 is 1.24 bits per heavy atom. The maximum Gasteiger partial charge on any atom is 0.480 e. The summed E-state index contributed by atoms with van der Waals surface area (Å²) < 4.78 is 1.30. The normalized spacial score (nSPS) is 11.2. The summed E-state index contributed by atoms with van der Waals surface area (Å²) in [4.78, 5) is 0. The molecule has 0 radical (unpaired) electrons. The molecule has 100 valence electrons. The monoisotopic (exact) mass is 352 g/mol. The minimum absolute atomic E-state index is 0.966. The molecule has 17 heavy (non-hydrogen) atoms. The average molecular weight is 352 g/mol. The third-order valence-electron chi connectivity index (χ3n) is 2.81. The van der Waals surface area contributed by atoms with E-state index in [9.17, 15) is 0 Å². The van der Waals surface area contributed by atoms with E-state index in [-0.39, 0.29) is 0 Å². The predicted molar refractivity (Wildman–Crippen MR) is 84.4 cm³/mol. The molecule has 2 N–H and O–H groups in total. The summed E-state index contributed by atoms with van der Waals surface area (Å²) >= 11 is 2.44. The molecular formula is C13H26BIO2. The molecule has 0 aromatic heterocycles. The number of rotatable bonds is 12. The van der Waals surface area contributed by atoms with Crippen molar-refractivity contribution >= 4 is 29.7 Å². The van der Waals surface area contributed by atoms with Gasteiger partial charge in [0.1, 0.15) is 0 Å². The number of allylic oxidation sites excluding steroid dienone is 1. The maximum absolute atomic E-state index is 8.58. The van der Waals surface area contributed by atoms with Crippen LogP contribution in [0, 0.1) is 0 Å². The first-order chi connectivity index (χ1) is 8.27. The van der Waals surface area contributed by atoms with Gasteiger partial charge in [0.05, 0.1) is 0 Å². The Balaban J connectivity index is 2.99. The van der Waals surface area contributed by atoms with Crippen molar-refractivity contribution in [1.82, 2.24) is 0 Å². The van der Waals surface area contributed by atoms with E-state index >= 15 is 0 Å². The zero-order valence-electron chi connectivity index (χ0n) is 10.8. The van der Waals surface area contributed by atoms with Gasteiger partial charge >= 0.3 is 7.12 Å². The van der Waals surface area contributed by atoms with E-state index in [1.54, 1.807) is 0 Å². The van der Waals surface area contributed by atoms with Crippen molar-refractivity contribution in [3.05, 3.63) is 12.1 Å². The van der Waals surface area contributed by atoms with Gasteiger partial charge in [-0.05, 0) is 23.7 Å². The Morgan fingerprint density at radius 1 is 0.765 bits per heavy atom. The Hall–Kier alpha value is 0.455. The zero-order chi connectivity index (χ0) is 12.8. The fourth-order valence-corrected chi connectivity index (χ4v) is 2.35. The fourth-order valence-electron chi connectivity index (χ4n) is 1.81. The molecule has 0 rings (SSSR count). The Bertz CT molecular complexity index is 175. The van der Waals surface area contributed by atoms with Crippen molar-refractivity contribution in [3.8, 4) is 0 Å². The van der Waals surface area contributed by atoms with E-state index in [0.29, 0.717) is 0 Å². The van der Waals surface area contributed by atoms with E-state index in [1.165, 1.54) is 61.8 Å². The molecule has 0 bridgehead atoms. The third-order valence-corrected chi connectivity index (χ3v) is 3.58. The highest BCUT2D eigenvalue weighted by atomic mass is 127. The van der Waals surface area contributed by atoms with Crippen LogP contribution in [0.5, 0.6) is 0 Å². The average Bonchev–Trinajstić information content (AvgIpc) is 2.30. The Kier molecular flexibility index (Phi) is 14.9. The smallest absolute Gasteiger partial charge is 0.424 e. The lowest BCUT2D eigenvalue weighted by atomic mass is 9.91. The number of alkyl halides is 1. The first kappa shape index (κ1) is 17.5. The van der Waals surface area contributed by atoms with Crippen LogP contribution < -0.4 is 0 Å². The summed E-state index contributed by atoms with van der Waals surface area (Å²) in [5.74, 6) is 1.44. The van der Waals surface area contributed by atoms with Gasteiger partial charge in [0, 0.05) is 0 Å². The number of halogens is 1. The van der Waals surface area contributed by atoms with Crippen molar-refractivity contribution < 1.29 is 10.0 Å². The molecule has 4 heteroatoms. The van der Waals surface area contributed by atoms with Crippen LogP contribution in [0.3, 0.4) is 0 Å². The van der Waals surface area contributed by atoms with Crippen molar-refractivity contribution in [2.75, 3.05) is 4.43 Å². The molecule has 0 saturated carbocycles. The molecule has 0 aromatic carbocycles. The highest BCUT2D eigenvalue weighted by Crippen LogP contribution is 2.11. The molecular weight excluding hydrogens is 326 g/mol. The molecule has 0 fully saturated rings. The van der Waals surface area contributed by atoms with Gasteiger partial charge in [0.15, 0.2) is 0 Å². The highest BCUT2D eigenvalue weighted by molar-refractivity contribution is 14.1. The molecule has 0 heterocycles. The van der Waals surface area contributed by atoms with Gasteiger partial charge < -0.3 is 10.0 Å². The van der Waals surface area contributed by atoms with E-state index in [1.807, 2.05) is 6.08 Å². The van der Waals surface area contributed by atoms with Crippen LogP contribution in [0.25, 0.3) is 0 Å². The molecule has 0 amide bonds. The topological polar surface area (TPSA) is 40.5 Å². The van der Waals surface area contributed by atoms with Crippen LogP contribution in [-0.2, 0) is 0 Å². The van der Waals surface area contributed by atoms with Crippen LogP contribution in [0.2, 0.25) is 0 Å². The van der Waals surface area contributed by atoms with Gasteiger partial charge in [-0.2, -0.15) is 0 Å². The quantitative estimate of drug-likeness (QED) is 0.242. The molecule has 0 saturated heterocycles. The molecule has 0 aliphatic heterocycles. The van der Waals surface area contributed by atoms with Gasteiger partial charge in [-0.25, -0.2) is 0 Å². The van der Waals surface area contributed by atoms with Crippen molar-refractivity contribution in [3.63, 3.8) is 0 Å². The van der Waals surface area contributed by atoms with Crippen LogP contribution in [-0.4, -0.2) is 21.6 Å². The summed E-state index contributed by atoms with van der Waals surface area (Å²) in [7, 11) is -1.28. The van der Waals surface area contributed by atoms with Gasteiger partial charge in [0.25, 0.3) is 0 Å². The highest BCUT2D eigenvalue weighted by Gasteiger charge is 1.96. The largest absolute Gasteiger partial charge is 0.480 e. The van der Waals surface area contributed by atoms with Crippen molar-refractivity contribution in [2.24, 2.45) is 0 Å². The first-order valence-electron chi connectivity index (χ1n) is 6.86. The summed E-state index contributed by atoms with van der Waals surface area (Å²) in [6.07, 6.45) is 14.9. The van der Waals surface area contributed by atoms with Gasteiger partial charge in [-0.3, -0.25) is 0 Å². The molecule has 0 aliphatic carbocycles. The standard InChI is InChI=1S/C13H26BIO2/c15-13-11-9-7-5-3-1-2-4-6-8-10-12-14(16)17/h10,12,16-17H,1-9,11,13H2/b12-10+. The summed E-state index contributed by atoms with van der Waals surface area (Å²) in [5, 5.41) is 17.2. The lowest BCUT2D eigenvalue weighted by Gasteiger charge is -2.01. The molecule has 2 nitrogen and oxygen atoms in total. The molecule has 0 aromatic rings. The van der Waals surface area contributed by atoms with E-state index in [2.05, 4.69) is 22.6 Å². The first-order valence-corrected chi connectivity index (χ1v) is 8.38. The zero-order valence-corrected chi connectivity index (χ0v) is 12.9. The second kappa shape index (κ2) is 14.5. The van der Waals surface area contributed by atoms with Gasteiger partial charge in [0.2, 0.25) is 0 Å². The number of hydrogen-bond acceptors (Lipinski definition) is 2. The van der Waals surface area contributed by atoms with Crippen LogP contribution in [0.1, 0.15) is 64.2 Å². The van der Waals surface area contributed by atoms with Crippen molar-refractivity contribution in [2.45, 2.75) is 64.2 Å². The number of unbranched alkanes of at least 4 members (excludes halogenated alkanes) is 9. The van der Waals surface area contributed by atoms with E-state index in [4.69, 9.17) is 10.0 Å². The molecule has 0 aliphatic rings. The second-order valence-electron chi connectivity index (χ2n) is 4.50. The van der Waals surface area contributed by atoms with Crippen LogP contribution in [0.4, 0.5) is 0 Å². The Labute approximate surface area is 120 Å². The third kappa shape index (κ3) is 16.5. The van der Waals surface area contributed by atoms with Gasteiger partial charge in [-0.1, -0.05) is 79.6 Å². The minimum Gasteiger partial charge on any atom is -0.424 e. The van der Waals surface area contributed by atoms with E-state index in [0.717, 1.165) is 12.8 Å². The SMILES string of the molecule is OB(O)/C=C/CCCCCCCCCCCI. The van der Waals surface area contributed by atoms with Gasteiger partial charge in [-0.15, -0.1) is 0 Å². The summed E-state index contributed by atoms with van der Waals surface area (Å²) in [5.41, 5.74) is 0. The van der Waals surface area contributed by atoms with Crippen molar-refractivity contribution in [1.29, 1.82) is 0 Å². The molecule has 0 unspecified atom stereocenters. The molecule has 0 spiro atoms.